The van der Waals surface area contributed by atoms with Gasteiger partial charge >= 0.3 is 0 Å². The van der Waals surface area contributed by atoms with Crippen LogP contribution in [0.1, 0.15) is 37.5 Å². The molecule has 0 spiro atoms. The molecule has 0 amide bonds. The van der Waals surface area contributed by atoms with Crippen LogP contribution >= 0.6 is 0 Å². The number of aromatic hydroxyl groups is 2. The minimum atomic E-state index is 0.0895. The maximum atomic E-state index is 10.1. The topological polar surface area (TPSA) is 40.5 Å². The predicted molar refractivity (Wildman–Crippen MR) is 83.3 cm³/mol. The molecule has 0 aliphatic heterocycles. The Kier molecular flexibility index (Phi) is 4.33. The smallest absolute Gasteiger partial charge is 0.127 e. The molecule has 2 nitrogen and oxygen atoms in total. The summed E-state index contributed by atoms with van der Waals surface area (Å²) >= 11 is 0. The van der Waals surface area contributed by atoms with E-state index in [0.29, 0.717) is 0 Å². The zero-order chi connectivity index (χ0) is 14.7. The molecule has 2 N–H and O–H groups in total. The zero-order valence-corrected chi connectivity index (χ0v) is 12.4. The molecule has 2 aromatic carbocycles. The molecule has 0 fully saturated rings. The molecule has 0 radical (unpaired) electrons. The Hall–Kier alpha value is -1.96. The van der Waals surface area contributed by atoms with Gasteiger partial charge in [-0.05, 0) is 53.6 Å². The Bertz CT molecular complexity index is 615. The van der Waals surface area contributed by atoms with Crippen molar-refractivity contribution >= 4 is 0 Å². The summed E-state index contributed by atoms with van der Waals surface area (Å²) in [5.74, 6) is 0.224. The van der Waals surface area contributed by atoms with Gasteiger partial charge in [0.25, 0.3) is 0 Å². The van der Waals surface area contributed by atoms with Gasteiger partial charge in [0.2, 0.25) is 0 Å². The fourth-order valence-electron chi connectivity index (χ4n) is 2.72. The van der Waals surface area contributed by atoms with Gasteiger partial charge in [-0.3, -0.25) is 0 Å². The van der Waals surface area contributed by atoms with E-state index in [1.165, 1.54) is 22.8 Å². The fraction of sp³-hybridized carbons (Fsp3) is 0.333. The van der Waals surface area contributed by atoms with Gasteiger partial charge in [0, 0.05) is 11.6 Å². The van der Waals surface area contributed by atoms with Crippen LogP contribution in [0, 0.1) is 0 Å². The lowest BCUT2D eigenvalue weighted by molar-refractivity contribution is 0.452. The molecule has 106 valence electrons. The molecule has 0 aromatic heterocycles. The highest BCUT2D eigenvalue weighted by Gasteiger charge is 2.13. The molecular formula is C18H22O2. The molecule has 20 heavy (non-hydrogen) atoms. The van der Waals surface area contributed by atoms with E-state index in [4.69, 9.17) is 0 Å². The van der Waals surface area contributed by atoms with E-state index in [1.807, 2.05) is 0 Å². The summed E-state index contributed by atoms with van der Waals surface area (Å²) in [4.78, 5) is 0. The van der Waals surface area contributed by atoms with Crippen molar-refractivity contribution in [3.63, 3.8) is 0 Å². The molecule has 0 heterocycles. The summed E-state index contributed by atoms with van der Waals surface area (Å²) in [7, 11) is 0. The summed E-state index contributed by atoms with van der Waals surface area (Å²) in [6.07, 6.45) is 2.90. The summed E-state index contributed by atoms with van der Waals surface area (Å²) in [5.41, 5.74) is 5.78. The molecule has 0 atom stereocenters. The fourth-order valence-corrected chi connectivity index (χ4v) is 2.72. The Balaban J connectivity index is 2.70. The number of rotatable bonds is 4. The van der Waals surface area contributed by atoms with Gasteiger partial charge < -0.3 is 10.2 Å². The Labute approximate surface area is 120 Å². The predicted octanol–water partition coefficient (Wildman–Crippen LogP) is 4.45. The normalized spacial score (nSPS) is 10.8. The molecule has 2 rings (SSSR count). The van der Waals surface area contributed by atoms with E-state index in [-0.39, 0.29) is 11.5 Å². The zero-order valence-electron chi connectivity index (χ0n) is 12.4. The average molecular weight is 270 g/mol. The molecule has 0 saturated carbocycles. The van der Waals surface area contributed by atoms with Crippen LogP contribution in [0.4, 0.5) is 0 Å². The highest BCUT2D eigenvalue weighted by atomic mass is 16.3. The lowest BCUT2D eigenvalue weighted by Gasteiger charge is -2.16. The lowest BCUT2D eigenvalue weighted by atomic mass is 9.89. The van der Waals surface area contributed by atoms with Crippen LogP contribution in [-0.2, 0) is 19.3 Å². The van der Waals surface area contributed by atoms with Crippen molar-refractivity contribution in [1.29, 1.82) is 0 Å². The maximum absolute atomic E-state index is 10.1. The van der Waals surface area contributed by atoms with Crippen LogP contribution in [-0.4, -0.2) is 10.2 Å². The van der Waals surface area contributed by atoms with Crippen molar-refractivity contribution in [2.24, 2.45) is 0 Å². The molecule has 2 aromatic rings. The molecule has 0 unspecified atom stereocenters. The molecule has 2 heteroatoms. The molecule has 0 bridgehead atoms. The third-order valence-corrected chi connectivity index (χ3v) is 3.82. The third kappa shape index (κ3) is 2.64. The first-order chi connectivity index (χ1) is 9.60. The highest BCUT2D eigenvalue weighted by Crippen LogP contribution is 2.36. The largest absolute Gasteiger partial charge is 0.508 e. The summed E-state index contributed by atoms with van der Waals surface area (Å²) in [5, 5.41) is 19.6. The number of benzene rings is 2. The molecular weight excluding hydrogens is 248 g/mol. The van der Waals surface area contributed by atoms with Crippen molar-refractivity contribution < 1.29 is 10.2 Å². The number of aryl methyl sites for hydroxylation is 2. The summed E-state index contributed by atoms with van der Waals surface area (Å²) in [6.45, 7) is 6.44. The SMILES string of the molecule is CCc1cc(CC)c(CC)c(-c2ccc(O)cc2O)c1. The number of hydrogen-bond donors (Lipinski definition) is 2. The van der Waals surface area contributed by atoms with Gasteiger partial charge in [-0.25, -0.2) is 0 Å². The number of hydrogen-bond acceptors (Lipinski definition) is 2. The van der Waals surface area contributed by atoms with Crippen molar-refractivity contribution in [2.45, 2.75) is 40.0 Å². The van der Waals surface area contributed by atoms with Crippen LogP contribution in [0.15, 0.2) is 30.3 Å². The number of phenolic OH excluding ortho intramolecular Hbond substituents is 2. The second-order valence-electron chi connectivity index (χ2n) is 5.04. The van der Waals surface area contributed by atoms with Crippen LogP contribution in [0.25, 0.3) is 11.1 Å². The van der Waals surface area contributed by atoms with Gasteiger partial charge in [-0.1, -0.05) is 32.9 Å². The van der Waals surface area contributed by atoms with Gasteiger partial charge in [-0.2, -0.15) is 0 Å². The minimum absolute atomic E-state index is 0.0895. The Morgan fingerprint density at radius 3 is 2.10 bits per heavy atom. The monoisotopic (exact) mass is 270 g/mol. The standard InChI is InChI=1S/C18H22O2/c1-4-12-9-13(5-2)15(6-3)17(10-12)16-8-7-14(19)11-18(16)20/h7-11,19-20H,4-6H2,1-3H3. The quantitative estimate of drug-likeness (QED) is 0.861. The molecule has 0 aliphatic rings. The highest BCUT2D eigenvalue weighted by molar-refractivity contribution is 5.75. The lowest BCUT2D eigenvalue weighted by Crippen LogP contribution is -1.98. The van der Waals surface area contributed by atoms with Crippen molar-refractivity contribution in [3.8, 4) is 22.6 Å². The molecule has 0 aliphatic carbocycles. The maximum Gasteiger partial charge on any atom is 0.127 e. The van der Waals surface area contributed by atoms with Gasteiger partial charge in [0.05, 0.1) is 0 Å². The Morgan fingerprint density at radius 2 is 1.55 bits per heavy atom. The second kappa shape index (κ2) is 6.00. The number of phenols is 2. The van der Waals surface area contributed by atoms with Crippen LogP contribution in [0.2, 0.25) is 0 Å². The van der Waals surface area contributed by atoms with Gasteiger partial charge in [0.15, 0.2) is 0 Å². The van der Waals surface area contributed by atoms with Crippen molar-refractivity contribution in [3.05, 3.63) is 47.0 Å². The van der Waals surface area contributed by atoms with E-state index in [0.717, 1.165) is 30.4 Å². The van der Waals surface area contributed by atoms with Crippen LogP contribution in [0.5, 0.6) is 11.5 Å². The molecule has 0 saturated heterocycles. The minimum Gasteiger partial charge on any atom is -0.508 e. The summed E-state index contributed by atoms with van der Waals surface area (Å²) < 4.78 is 0. The van der Waals surface area contributed by atoms with Crippen molar-refractivity contribution in [1.82, 2.24) is 0 Å². The van der Waals surface area contributed by atoms with Crippen LogP contribution in [0.3, 0.4) is 0 Å². The first kappa shape index (κ1) is 14.4. The van der Waals surface area contributed by atoms with E-state index >= 15 is 0 Å². The summed E-state index contributed by atoms with van der Waals surface area (Å²) in [6, 6.07) is 9.24. The van der Waals surface area contributed by atoms with E-state index in [1.54, 1.807) is 12.1 Å². The van der Waals surface area contributed by atoms with E-state index in [9.17, 15) is 10.2 Å². The second-order valence-corrected chi connectivity index (χ2v) is 5.04. The van der Waals surface area contributed by atoms with Crippen LogP contribution < -0.4 is 0 Å². The first-order valence-electron chi connectivity index (χ1n) is 7.27. The van der Waals surface area contributed by atoms with Crippen molar-refractivity contribution in [2.75, 3.05) is 0 Å². The Morgan fingerprint density at radius 1 is 0.800 bits per heavy atom. The van der Waals surface area contributed by atoms with E-state index in [2.05, 4.69) is 32.9 Å². The third-order valence-electron chi connectivity index (χ3n) is 3.82. The van der Waals surface area contributed by atoms with E-state index < -0.39 is 0 Å². The van der Waals surface area contributed by atoms with Gasteiger partial charge in [0.1, 0.15) is 11.5 Å². The van der Waals surface area contributed by atoms with Gasteiger partial charge in [-0.15, -0.1) is 0 Å². The average Bonchev–Trinajstić information content (AvgIpc) is 2.45. The first-order valence-corrected chi connectivity index (χ1v) is 7.27.